The lowest BCUT2D eigenvalue weighted by atomic mass is 10.2. The summed E-state index contributed by atoms with van der Waals surface area (Å²) in [7, 11) is -3.38. The number of rotatable bonds is 2. The molecule has 0 aliphatic rings. The van der Waals surface area contributed by atoms with E-state index in [1.807, 2.05) is 30.3 Å². The lowest BCUT2D eigenvalue weighted by molar-refractivity contribution is 0.599. The smallest absolute Gasteiger partial charge is 0.189 e. The van der Waals surface area contributed by atoms with E-state index in [2.05, 4.69) is 11.8 Å². The maximum Gasteiger partial charge on any atom is 0.189 e. The summed E-state index contributed by atoms with van der Waals surface area (Å²) in [4.78, 5) is 0.235. The Morgan fingerprint density at radius 2 is 1.58 bits per heavy atom. The van der Waals surface area contributed by atoms with E-state index >= 15 is 0 Å². The standard InChI is InChI=1S/C15H11ClO2S/c16-14-8-10-15(11-9-14)19(17,18)12-4-7-13-5-2-1-3-6-13/h1-3,5-6,8-11H,12H2. The molecule has 0 bridgehead atoms. The van der Waals surface area contributed by atoms with Gasteiger partial charge < -0.3 is 0 Å². The van der Waals surface area contributed by atoms with Gasteiger partial charge in [0, 0.05) is 10.6 Å². The number of hydrogen-bond acceptors (Lipinski definition) is 2. The molecule has 0 unspecified atom stereocenters. The van der Waals surface area contributed by atoms with Crippen molar-refractivity contribution in [1.29, 1.82) is 0 Å². The first-order valence-electron chi connectivity index (χ1n) is 5.60. The molecule has 0 saturated heterocycles. The van der Waals surface area contributed by atoms with E-state index in [-0.39, 0.29) is 10.6 Å². The van der Waals surface area contributed by atoms with Crippen molar-refractivity contribution in [3.8, 4) is 11.8 Å². The second-order valence-electron chi connectivity index (χ2n) is 3.88. The summed E-state index contributed by atoms with van der Waals surface area (Å²) in [5.74, 6) is 5.31. The van der Waals surface area contributed by atoms with Crippen LogP contribution in [0.2, 0.25) is 5.02 Å². The molecule has 0 aromatic heterocycles. The molecule has 0 aliphatic heterocycles. The fraction of sp³-hybridized carbons (Fsp3) is 0.0667. The minimum atomic E-state index is -3.38. The zero-order valence-electron chi connectivity index (χ0n) is 10.0. The minimum Gasteiger partial charge on any atom is -0.223 e. The van der Waals surface area contributed by atoms with Crippen LogP contribution in [0.15, 0.2) is 59.5 Å². The summed E-state index contributed by atoms with van der Waals surface area (Å²) in [6.45, 7) is 0. The molecular formula is C15H11ClO2S. The van der Waals surface area contributed by atoms with Crippen LogP contribution in [0.5, 0.6) is 0 Å². The van der Waals surface area contributed by atoms with Crippen molar-refractivity contribution in [2.24, 2.45) is 0 Å². The molecule has 2 aromatic rings. The van der Waals surface area contributed by atoms with Crippen molar-refractivity contribution >= 4 is 21.4 Å². The SMILES string of the molecule is O=S(=O)(CC#Cc1ccccc1)c1ccc(Cl)cc1. The zero-order valence-corrected chi connectivity index (χ0v) is 11.6. The highest BCUT2D eigenvalue weighted by molar-refractivity contribution is 7.91. The number of benzene rings is 2. The van der Waals surface area contributed by atoms with Crippen molar-refractivity contribution in [3.05, 3.63) is 65.2 Å². The molecule has 2 rings (SSSR count). The van der Waals surface area contributed by atoms with Gasteiger partial charge in [-0.25, -0.2) is 8.42 Å². The Kier molecular flexibility index (Phi) is 4.26. The molecule has 2 aromatic carbocycles. The van der Waals surface area contributed by atoms with Gasteiger partial charge in [0.15, 0.2) is 9.84 Å². The van der Waals surface area contributed by atoms with Crippen LogP contribution in [0.4, 0.5) is 0 Å². The molecule has 19 heavy (non-hydrogen) atoms. The molecule has 0 spiro atoms. The lowest BCUT2D eigenvalue weighted by Gasteiger charge is -1.99. The van der Waals surface area contributed by atoms with Gasteiger partial charge >= 0.3 is 0 Å². The Bertz CT molecular complexity index is 708. The molecule has 4 heteroatoms. The summed E-state index contributed by atoms with van der Waals surface area (Å²) in [6, 6.07) is 15.4. The summed E-state index contributed by atoms with van der Waals surface area (Å²) in [6.07, 6.45) is 0. The van der Waals surface area contributed by atoms with Crippen LogP contribution in [-0.2, 0) is 9.84 Å². The fourth-order valence-corrected chi connectivity index (χ4v) is 2.59. The maximum absolute atomic E-state index is 12.0. The molecule has 0 heterocycles. The van der Waals surface area contributed by atoms with Crippen LogP contribution < -0.4 is 0 Å². The Morgan fingerprint density at radius 1 is 0.947 bits per heavy atom. The predicted octanol–water partition coefficient (Wildman–Crippen LogP) is 3.17. The van der Waals surface area contributed by atoms with Gasteiger partial charge in [-0.3, -0.25) is 0 Å². The van der Waals surface area contributed by atoms with Crippen LogP contribution in [0.25, 0.3) is 0 Å². The first-order valence-corrected chi connectivity index (χ1v) is 7.63. The molecule has 2 nitrogen and oxygen atoms in total. The summed E-state index contributed by atoms with van der Waals surface area (Å²) < 4.78 is 24.0. The van der Waals surface area contributed by atoms with Gasteiger partial charge in [-0.05, 0) is 36.4 Å². The van der Waals surface area contributed by atoms with E-state index < -0.39 is 9.84 Å². The fourth-order valence-electron chi connectivity index (χ4n) is 1.48. The summed E-state index contributed by atoms with van der Waals surface area (Å²) >= 11 is 5.72. The van der Waals surface area contributed by atoms with Crippen molar-refractivity contribution < 1.29 is 8.42 Å². The lowest BCUT2D eigenvalue weighted by Crippen LogP contribution is -2.04. The van der Waals surface area contributed by atoms with Crippen LogP contribution in [0, 0.1) is 11.8 Å². The van der Waals surface area contributed by atoms with E-state index in [1.54, 1.807) is 12.1 Å². The zero-order chi connectivity index (χ0) is 13.7. The number of halogens is 1. The molecule has 0 fully saturated rings. The molecule has 0 aliphatic carbocycles. The molecule has 0 radical (unpaired) electrons. The third-order valence-electron chi connectivity index (χ3n) is 2.44. The van der Waals surface area contributed by atoms with Crippen LogP contribution in [-0.4, -0.2) is 14.2 Å². The average Bonchev–Trinajstić information content (AvgIpc) is 2.40. The quantitative estimate of drug-likeness (QED) is 0.796. The van der Waals surface area contributed by atoms with Crippen LogP contribution in [0.3, 0.4) is 0 Å². The highest BCUT2D eigenvalue weighted by atomic mass is 35.5. The molecular weight excluding hydrogens is 280 g/mol. The monoisotopic (exact) mass is 290 g/mol. The van der Waals surface area contributed by atoms with E-state index in [4.69, 9.17) is 11.6 Å². The second kappa shape index (κ2) is 5.92. The van der Waals surface area contributed by atoms with Gasteiger partial charge in [-0.2, -0.15) is 0 Å². The first-order chi connectivity index (χ1) is 9.08. The summed E-state index contributed by atoms with van der Waals surface area (Å²) in [5, 5.41) is 0.509. The molecule has 0 saturated carbocycles. The van der Waals surface area contributed by atoms with E-state index in [0.717, 1.165) is 5.56 Å². The topological polar surface area (TPSA) is 34.1 Å². The number of sulfone groups is 1. The van der Waals surface area contributed by atoms with Crippen molar-refractivity contribution in [2.45, 2.75) is 4.90 Å². The van der Waals surface area contributed by atoms with Crippen LogP contribution in [0.1, 0.15) is 5.56 Å². The highest BCUT2D eigenvalue weighted by Crippen LogP contribution is 2.15. The van der Waals surface area contributed by atoms with Gasteiger partial charge in [0.25, 0.3) is 0 Å². The predicted molar refractivity (Wildman–Crippen MR) is 76.8 cm³/mol. The third-order valence-corrected chi connectivity index (χ3v) is 4.21. The van der Waals surface area contributed by atoms with Gasteiger partial charge in [0.2, 0.25) is 0 Å². The third kappa shape index (κ3) is 3.85. The van der Waals surface area contributed by atoms with Gasteiger partial charge in [0.05, 0.1) is 4.90 Å². The Balaban J connectivity index is 2.15. The largest absolute Gasteiger partial charge is 0.223 e. The van der Waals surface area contributed by atoms with Gasteiger partial charge in [-0.1, -0.05) is 41.6 Å². The van der Waals surface area contributed by atoms with E-state index in [1.165, 1.54) is 12.1 Å². The van der Waals surface area contributed by atoms with Gasteiger partial charge in [-0.15, -0.1) is 0 Å². The molecule has 0 N–H and O–H groups in total. The Hall–Kier alpha value is -1.76. The second-order valence-corrected chi connectivity index (χ2v) is 6.31. The van der Waals surface area contributed by atoms with Crippen molar-refractivity contribution in [1.82, 2.24) is 0 Å². The van der Waals surface area contributed by atoms with Crippen molar-refractivity contribution in [2.75, 3.05) is 5.75 Å². The summed E-state index contributed by atoms with van der Waals surface area (Å²) in [5.41, 5.74) is 0.800. The van der Waals surface area contributed by atoms with Gasteiger partial charge in [0.1, 0.15) is 5.75 Å². The first kappa shape index (κ1) is 13.7. The normalized spacial score (nSPS) is 10.6. The Morgan fingerprint density at radius 3 is 2.21 bits per heavy atom. The van der Waals surface area contributed by atoms with E-state index in [0.29, 0.717) is 5.02 Å². The van der Waals surface area contributed by atoms with Crippen molar-refractivity contribution in [3.63, 3.8) is 0 Å². The van der Waals surface area contributed by atoms with Crippen LogP contribution >= 0.6 is 11.6 Å². The number of hydrogen-bond donors (Lipinski definition) is 0. The average molecular weight is 291 g/mol. The highest BCUT2D eigenvalue weighted by Gasteiger charge is 2.11. The minimum absolute atomic E-state index is 0.205. The molecule has 0 amide bonds. The Labute approximate surface area is 118 Å². The van der Waals surface area contributed by atoms with E-state index in [9.17, 15) is 8.42 Å². The maximum atomic E-state index is 12.0. The molecule has 0 atom stereocenters. The molecule has 96 valence electrons.